The number of alkyl halides is 4. The second-order valence-corrected chi connectivity index (χ2v) is 8.22. The molecular formula is C20H26F4N2O4. The Morgan fingerprint density at radius 2 is 1.77 bits per heavy atom. The average molecular weight is 434 g/mol. The summed E-state index contributed by atoms with van der Waals surface area (Å²) in [6, 6.07) is 2.75. The van der Waals surface area contributed by atoms with Crippen molar-refractivity contribution in [1.82, 2.24) is 4.90 Å². The summed E-state index contributed by atoms with van der Waals surface area (Å²) in [5.74, 6) is -0.799. The van der Waals surface area contributed by atoms with E-state index >= 15 is 4.39 Å². The van der Waals surface area contributed by atoms with Crippen LogP contribution in [0.15, 0.2) is 18.2 Å². The molecule has 1 aliphatic heterocycles. The van der Waals surface area contributed by atoms with Crippen LogP contribution < -0.4 is 5.32 Å². The molecule has 30 heavy (non-hydrogen) atoms. The van der Waals surface area contributed by atoms with E-state index in [-0.39, 0.29) is 31.5 Å². The lowest BCUT2D eigenvalue weighted by Gasteiger charge is -2.37. The van der Waals surface area contributed by atoms with Gasteiger partial charge < -0.3 is 19.7 Å². The van der Waals surface area contributed by atoms with E-state index < -0.39 is 47.3 Å². The number of hydrogen-bond donors (Lipinski definition) is 1. The van der Waals surface area contributed by atoms with E-state index in [1.54, 1.807) is 20.8 Å². The second kappa shape index (κ2) is 8.69. The topological polar surface area (TPSA) is 67.9 Å². The summed E-state index contributed by atoms with van der Waals surface area (Å²) >= 11 is 0. The van der Waals surface area contributed by atoms with E-state index in [4.69, 9.17) is 4.74 Å². The molecule has 1 aromatic carbocycles. The van der Waals surface area contributed by atoms with Gasteiger partial charge in [-0.05, 0) is 39.0 Å². The van der Waals surface area contributed by atoms with E-state index in [2.05, 4.69) is 10.1 Å². The van der Waals surface area contributed by atoms with Crippen molar-refractivity contribution in [3.05, 3.63) is 29.3 Å². The number of nitrogens with one attached hydrogen (secondary N) is 1. The second-order valence-electron chi connectivity index (χ2n) is 8.22. The predicted octanol–water partition coefficient (Wildman–Crippen LogP) is 4.64. The van der Waals surface area contributed by atoms with Crippen molar-refractivity contribution in [2.75, 3.05) is 32.1 Å². The predicted molar refractivity (Wildman–Crippen MR) is 102 cm³/mol. The van der Waals surface area contributed by atoms with Crippen LogP contribution >= 0.6 is 0 Å². The molecule has 0 radical (unpaired) electrons. The number of piperidine rings is 1. The molecule has 10 heteroatoms. The number of rotatable bonds is 4. The Hall–Kier alpha value is -2.52. The molecule has 0 aromatic heterocycles. The number of methoxy groups -OCH3 is 1. The van der Waals surface area contributed by atoms with Crippen LogP contribution in [0.2, 0.25) is 0 Å². The number of amides is 1. The number of benzene rings is 1. The third kappa shape index (κ3) is 6.24. The Morgan fingerprint density at radius 3 is 2.27 bits per heavy atom. The molecule has 2 rings (SSSR count). The number of carbonyl (C=O) groups excluding carboxylic acids is 2. The third-order valence-electron chi connectivity index (χ3n) is 4.65. The maximum atomic E-state index is 15.2. The summed E-state index contributed by atoms with van der Waals surface area (Å²) < 4.78 is 64.8. The van der Waals surface area contributed by atoms with Crippen LogP contribution in [0.25, 0.3) is 0 Å². The molecule has 1 amide bonds. The fourth-order valence-electron chi connectivity index (χ4n) is 3.03. The van der Waals surface area contributed by atoms with Crippen LogP contribution in [-0.2, 0) is 15.7 Å². The molecule has 1 aromatic rings. The van der Waals surface area contributed by atoms with E-state index in [1.165, 1.54) is 4.90 Å². The molecule has 0 bridgehead atoms. The molecule has 1 saturated heterocycles. The molecule has 1 heterocycles. The van der Waals surface area contributed by atoms with Crippen molar-refractivity contribution in [2.24, 2.45) is 0 Å². The third-order valence-corrected chi connectivity index (χ3v) is 4.65. The van der Waals surface area contributed by atoms with E-state index in [0.29, 0.717) is 0 Å². The van der Waals surface area contributed by atoms with Gasteiger partial charge in [0.2, 0.25) is 0 Å². The lowest BCUT2D eigenvalue weighted by Crippen LogP contribution is -2.48. The van der Waals surface area contributed by atoms with Crippen LogP contribution in [0.5, 0.6) is 0 Å². The van der Waals surface area contributed by atoms with Gasteiger partial charge in [0.15, 0.2) is 0 Å². The molecule has 0 spiro atoms. The highest BCUT2D eigenvalue weighted by atomic mass is 19.4. The van der Waals surface area contributed by atoms with Crippen molar-refractivity contribution < 1.29 is 36.6 Å². The summed E-state index contributed by atoms with van der Waals surface area (Å²) in [4.78, 5) is 25.1. The van der Waals surface area contributed by atoms with Crippen LogP contribution in [0, 0.1) is 0 Å². The lowest BCUT2D eigenvalue weighted by atomic mass is 9.93. The van der Waals surface area contributed by atoms with Crippen LogP contribution in [-0.4, -0.2) is 55.0 Å². The highest BCUT2D eigenvalue weighted by Crippen LogP contribution is 2.36. The number of hydrogen-bond acceptors (Lipinski definition) is 5. The normalized spacial score (nSPS) is 16.7. The molecule has 6 nitrogen and oxygen atoms in total. The number of anilines is 1. The summed E-state index contributed by atoms with van der Waals surface area (Å²) in [5, 5.41) is 2.49. The number of carbonyl (C=O) groups is 2. The maximum absolute atomic E-state index is 15.2. The maximum Gasteiger partial charge on any atom is 0.418 e. The molecule has 1 aliphatic rings. The van der Waals surface area contributed by atoms with Gasteiger partial charge in [0.25, 0.3) is 0 Å². The van der Waals surface area contributed by atoms with Crippen LogP contribution in [0.1, 0.15) is 49.5 Å². The Labute approximate surface area is 172 Å². The van der Waals surface area contributed by atoms with Crippen LogP contribution in [0.4, 0.5) is 28.0 Å². The van der Waals surface area contributed by atoms with Crippen molar-refractivity contribution in [1.29, 1.82) is 0 Å². The highest BCUT2D eigenvalue weighted by Gasteiger charge is 2.39. The van der Waals surface area contributed by atoms with Crippen molar-refractivity contribution in [3.63, 3.8) is 0 Å². The monoisotopic (exact) mass is 434 g/mol. The Bertz CT molecular complexity index is 782. The molecular weight excluding hydrogens is 408 g/mol. The van der Waals surface area contributed by atoms with Crippen molar-refractivity contribution in [2.45, 2.75) is 51.1 Å². The van der Waals surface area contributed by atoms with Gasteiger partial charge in [-0.3, -0.25) is 0 Å². The first-order chi connectivity index (χ1) is 13.7. The zero-order valence-corrected chi connectivity index (χ0v) is 17.4. The first-order valence-electron chi connectivity index (χ1n) is 9.44. The van der Waals surface area contributed by atoms with Crippen molar-refractivity contribution in [3.8, 4) is 0 Å². The fourth-order valence-corrected chi connectivity index (χ4v) is 3.03. The number of likely N-dealkylation sites (tertiary alicyclic amines) is 1. The Balaban J connectivity index is 2.08. The van der Waals surface area contributed by atoms with Gasteiger partial charge >= 0.3 is 18.2 Å². The molecule has 1 fully saturated rings. The average Bonchev–Trinajstić information content (AvgIpc) is 2.64. The fraction of sp³-hybridized carbons (Fsp3) is 0.600. The van der Waals surface area contributed by atoms with Gasteiger partial charge in [-0.1, -0.05) is 0 Å². The minimum absolute atomic E-state index is 0.0582. The number of halogens is 4. The summed E-state index contributed by atoms with van der Waals surface area (Å²) in [6.45, 7) is 4.93. The van der Waals surface area contributed by atoms with E-state index in [0.717, 1.165) is 25.3 Å². The van der Waals surface area contributed by atoms with Gasteiger partial charge in [0.1, 0.15) is 11.3 Å². The molecule has 0 aliphatic carbocycles. The number of esters is 1. The first-order valence-corrected chi connectivity index (χ1v) is 9.44. The Morgan fingerprint density at radius 1 is 1.17 bits per heavy atom. The number of nitrogens with zero attached hydrogens (tertiary/aromatic N) is 1. The standard InChI is InChI=1S/C20H26F4N2O4/c1-18(2,3)30-17(28)26-9-7-19(21,8-10-26)12-25-15-11-13(16(27)29-4)5-6-14(15)20(22,23)24/h5-6,11,25H,7-10,12H2,1-4H3. The zero-order chi connectivity index (χ0) is 22.7. The molecule has 1 N–H and O–H groups in total. The zero-order valence-electron chi connectivity index (χ0n) is 17.4. The highest BCUT2D eigenvalue weighted by molar-refractivity contribution is 5.90. The minimum Gasteiger partial charge on any atom is -0.465 e. The molecule has 168 valence electrons. The quantitative estimate of drug-likeness (QED) is 0.552. The van der Waals surface area contributed by atoms with Gasteiger partial charge in [0.05, 0.1) is 18.2 Å². The smallest absolute Gasteiger partial charge is 0.418 e. The molecule has 0 saturated carbocycles. The van der Waals surface area contributed by atoms with Gasteiger partial charge in [-0.2, -0.15) is 13.2 Å². The summed E-state index contributed by atoms with van der Waals surface area (Å²) in [6.07, 6.45) is -5.35. The van der Waals surface area contributed by atoms with E-state index in [1.807, 2.05) is 0 Å². The largest absolute Gasteiger partial charge is 0.465 e. The molecule has 0 unspecified atom stereocenters. The first kappa shape index (κ1) is 23.8. The van der Waals surface area contributed by atoms with Gasteiger partial charge in [0, 0.05) is 38.2 Å². The summed E-state index contributed by atoms with van der Waals surface area (Å²) in [7, 11) is 1.11. The van der Waals surface area contributed by atoms with E-state index in [9.17, 15) is 22.8 Å². The van der Waals surface area contributed by atoms with Gasteiger partial charge in [-0.25, -0.2) is 14.0 Å². The number of ether oxygens (including phenoxy) is 2. The van der Waals surface area contributed by atoms with Crippen LogP contribution in [0.3, 0.4) is 0 Å². The minimum atomic E-state index is -4.68. The summed E-state index contributed by atoms with van der Waals surface area (Å²) in [5.41, 5.74) is -3.99. The SMILES string of the molecule is COC(=O)c1ccc(C(F)(F)F)c(NCC2(F)CCN(C(=O)OC(C)(C)C)CC2)c1. The lowest BCUT2D eigenvalue weighted by molar-refractivity contribution is -0.137. The van der Waals surface area contributed by atoms with Crippen molar-refractivity contribution >= 4 is 17.7 Å². The Kier molecular flexibility index (Phi) is 6.88. The molecule has 0 atom stereocenters. The van der Waals surface area contributed by atoms with Gasteiger partial charge in [-0.15, -0.1) is 0 Å².